The van der Waals surface area contributed by atoms with Crippen molar-refractivity contribution in [1.29, 1.82) is 0 Å². The van der Waals surface area contributed by atoms with Gasteiger partial charge < -0.3 is 4.74 Å². The van der Waals surface area contributed by atoms with Gasteiger partial charge in [-0.1, -0.05) is 24.3 Å². The maximum atomic E-state index is 5.34. The van der Waals surface area contributed by atoms with Gasteiger partial charge in [0, 0.05) is 5.56 Å². The minimum atomic E-state index is 0. The number of hydrogen-bond acceptors (Lipinski definition) is 1. The molecule has 0 amide bonds. The Labute approximate surface area is 82.2 Å². The third-order valence-electron chi connectivity index (χ3n) is 1.55. The van der Waals surface area contributed by atoms with Gasteiger partial charge in [0.15, 0.2) is 0 Å². The minimum Gasteiger partial charge on any atom is -0.489 e. The molecule has 1 aromatic carbocycles. The van der Waals surface area contributed by atoms with Gasteiger partial charge >= 0.3 is 23.1 Å². The van der Waals surface area contributed by atoms with E-state index in [1.807, 2.05) is 30.3 Å². The molecule has 0 N–H and O–H groups in total. The molecular weight excluding hydrogens is 148 g/mol. The summed E-state index contributed by atoms with van der Waals surface area (Å²) in [6.07, 6.45) is 4.10. The third kappa shape index (κ3) is 1.76. The molecule has 2 heteroatoms. The van der Waals surface area contributed by atoms with E-state index in [2.05, 4.69) is 6.08 Å². The molecule has 1 aromatic rings. The first-order valence-corrected chi connectivity index (χ1v) is 3.35. The number of ether oxygens (including phenoxy) is 1. The molecule has 54 valence electrons. The Morgan fingerprint density at radius 3 is 2.82 bits per heavy atom. The molecule has 0 saturated heterocycles. The number of benzene rings is 1. The maximum absolute atomic E-state index is 5.34. The van der Waals surface area contributed by atoms with Crippen molar-refractivity contribution < 1.29 is 4.74 Å². The Balaban J connectivity index is 0.000000605. The van der Waals surface area contributed by atoms with Gasteiger partial charge in [-0.2, -0.15) is 0 Å². The molecule has 0 unspecified atom stereocenters. The van der Waals surface area contributed by atoms with Crippen molar-refractivity contribution >= 4 is 29.1 Å². The van der Waals surface area contributed by atoms with Gasteiger partial charge in [-0.05, 0) is 12.1 Å². The Bertz CT molecular complexity index is 268. The first-order valence-electron chi connectivity index (χ1n) is 3.35. The van der Waals surface area contributed by atoms with Gasteiger partial charge in [-0.3, -0.25) is 0 Å². The lowest BCUT2D eigenvalue weighted by Gasteiger charge is -2.10. The lowest BCUT2D eigenvalue weighted by molar-refractivity contribution is 0.358. The summed E-state index contributed by atoms with van der Waals surface area (Å²) in [5, 5.41) is 0. The van der Waals surface area contributed by atoms with Crippen molar-refractivity contribution in [2.75, 3.05) is 6.61 Å². The summed E-state index contributed by atoms with van der Waals surface area (Å²) in [7, 11) is 0. The highest BCUT2D eigenvalue weighted by Gasteiger charge is 2.01. The fourth-order valence-electron chi connectivity index (χ4n) is 1.06. The van der Waals surface area contributed by atoms with Crippen LogP contribution >= 0.6 is 0 Å². The normalized spacial score (nSPS) is 12.7. The van der Waals surface area contributed by atoms with E-state index in [4.69, 9.17) is 4.74 Å². The SMILES string of the molecule is C1=Cc2ccccc2OC1.[MgH2]. The smallest absolute Gasteiger partial charge is 0.316 e. The summed E-state index contributed by atoms with van der Waals surface area (Å²) >= 11 is 0. The summed E-state index contributed by atoms with van der Waals surface area (Å²) in [5.41, 5.74) is 1.17. The van der Waals surface area contributed by atoms with Gasteiger partial charge in [-0.25, -0.2) is 0 Å². The molecule has 1 heterocycles. The van der Waals surface area contributed by atoms with Crippen molar-refractivity contribution in [2.24, 2.45) is 0 Å². The topological polar surface area (TPSA) is 9.23 Å². The standard InChI is InChI=1S/C9H8O.Mg.2H/c1-2-6-9-8(4-1)5-3-7-10-9;;;/h1-6H,7H2;;;. The van der Waals surface area contributed by atoms with E-state index in [-0.39, 0.29) is 23.1 Å². The first kappa shape index (κ1) is 8.62. The van der Waals surface area contributed by atoms with Crippen LogP contribution in [0.1, 0.15) is 5.56 Å². The molecule has 0 spiro atoms. The number of hydrogen-bond donors (Lipinski definition) is 0. The molecule has 0 saturated carbocycles. The molecule has 1 aliphatic rings. The maximum Gasteiger partial charge on any atom is 0.316 e. The molecule has 0 fully saturated rings. The van der Waals surface area contributed by atoms with Crippen molar-refractivity contribution in [3.8, 4) is 5.75 Å². The van der Waals surface area contributed by atoms with Crippen molar-refractivity contribution in [1.82, 2.24) is 0 Å². The summed E-state index contributed by atoms with van der Waals surface area (Å²) in [5.74, 6) is 0.991. The Kier molecular flexibility index (Phi) is 2.97. The zero-order valence-electron chi connectivity index (χ0n) is 5.58. The molecule has 0 bridgehead atoms. The van der Waals surface area contributed by atoms with Gasteiger partial charge in [0.1, 0.15) is 12.4 Å². The van der Waals surface area contributed by atoms with Crippen LogP contribution in [0.4, 0.5) is 0 Å². The third-order valence-corrected chi connectivity index (χ3v) is 1.55. The molecule has 2 rings (SSSR count). The molecule has 0 atom stereocenters. The van der Waals surface area contributed by atoms with Crippen molar-refractivity contribution in [2.45, 2.75) is 0 Å². The highest BCUT2D eigenvalue weighted by molar-refractivity contribution is 5.75. The van der Waals surface area contributed by atoms with Crippen LogP contribution in [-0.4, -0.2) is 29.7 Å². The molecule has 0 aromatic heterocycles. The van der Waals surface area contributed by atoms with E-state index in [0.717, 1.165) is 5.75 Å². The van der Waals surface area contributed by atoms with Crippen LogP contribution in [0.15, 0.2) is 30.3 Å². The summed E-state index contributed by atoms with van der Waals surface area (Å²) < 4.78 is 5.34. The second kappa shape index (κ2) is 3.79. The van der Waals surface area contributed by atoms with Crippen LogP contribution in [0.5, 0.6) is 5.75 Å². The van der Waals surface area contributed by atoms with E-state index >= 15 is 0 Å². The lowest BCUT2D eigenvalue weighted by Crippen LogP contribution is -1.98. The minimum absolute atomic E-state index is 0. The van der Waals surface area contributed by atoms with Gasteiger partial charge in [0.25, 0.3) is 0 Å². The highest BCUT2D eigenvalue weighted by atomic mass is 24.3. The van der Waals surface area contributed by atoms with E-state index < -0.39 is 0 Å². The molecule has 1 nitrogen and oxygen atoms in total. The monoisotopic (exact) mass is 158 g/mol. The van der Waals surface area contributed by atoms with Gasteiger partial charge in [-0.15, -0.1) is 0 Å². The van der Waals surface area contributed by atoms with E-state index in [0.29, 0.717) is 6.61 Å². The Morgan fingerprint density at radius 2 is 2.00 bits per heavy atom. The van der Waals surface area contributed by atoms with E-state index in [9.17, 15) is 0 Å². The second-order valence-corrected chi connectivity index (χ2v) is 2.25. The molecule has 0 radical (unpaired) electrons. The molecule has 0 aliphatic carbocycles. The van der Waals surface area contributed by atoms with Crippen molar-refractivity contribution in [3.05, 3.63) is 35.9 Å². The second-order valence-electron chi connectivity index (χ2n) is 2.25. The van der Waals surface area contributed by atoms with E-state index in [1.54, 1.807) is 0 Å². The quantitative estimate of drug-likeness (QED) is 0.515. The predicted octanol–water partition coefficient (Wildman–Crippen LogP) is 1.18. The lowest BCUT2D eigenvalue weighted by atomic mass is 10.1. The van der Waals surface area contributed by atoms with Crippen LogP contribution in [0.3, 0.4) is 0 Å². The van der Waals surface area contributed by atoms with Crippen LogP contribution in [-0.2, 0) is 0 Å². The van der Waals surface area contributed by atoms with Crippen LogP contribution < -0.4 is 4.74 Å². The molecular formula is C9H10MgO. The van der Waals surface area contributed by atoms with Crippen LogP contribution in [0.2, 0.25) is 0 Å². The average Bonchev–Trinajstić information content (AvgIpc) is 2.05. The van der Waals surface area contributed by atoms with E-state index in [1.165, 1.54) is 5.56 Å². The summed E-state index contributed by atoms with van der Waals surface area (Å²) in [4.78, 5) is 0. The zero-order chi connectivity index (χ0) is 6.81. The van der Waals surface area contributed by atoms with Crippen LogP contribution in [0, 0.1) is 0 Å². The average molecular weight is 158 g/mol. The number of para-hydroxylation sites is 1. The zero-order valence-corrected chi connectivity index (χ0v) is 5.58. The Hall–Kier alpha value is -0.474. The van der Waals surface area contributed by atoms with Gasteiger partial charge in [0.05, 0.1) is 0 Å². The molecule has 1 aliphatic heterocycles. The van der Waals surface area contributed by atoms with Gasteiger partial charge in [0.2, 0.25) is 0 Å². The highest BCUT2D eigenvalue weighted by Crippen LogP contribution is 2.21. The number of fused-ring (bicyclic) bond motifs is 1. The van der Waals surface area contributed by atoms with Crippen molar-refractivity contribution in [3.63, 3.8) is 0 Å². The first-order chi connectivity index (χ1) is 4.97. The molecule has 11 heavy (non-hydrogen) atoms. The fourth-order valence-corrected chi connectivity index (χ4v) is 1.06. The summed E-state index contributed by atoms with van der Waals surface area (Å²) in [6, 6.07) is 8.03. The predicted molar refractivity (Wildman–Crippen MR) is 49.5 cm³/mol. The fraction of sp³-hybridized carbons (Fsp3) is 0.111. The Morgan fingerprint density at radius 1 is 1.18 bits per heavy atom. The summed E-state index contributed by atoms with van der Waals surface area (Å²) in [6.45, 7) is 0.705. The largest absolute Gasteiger partial charge is 0.489 e. The van der Waals surface area contributed by atoms with Crippen LogP contribution in [0.25, 0.3) is 6.08 Å². The number of rotatable bonds is 0.